The quantitative estimate of drug-likeness (QED) is 0.787. The minimum Gasteiger partial charge on any atom is -0.496 e. The number of aryl methyl sites for hydroxylation is 1. The van der Waals surface area contributed by atoms with Gasteiger partial charge in [-0.25, -0.2) is 4.79 Å². The number of hydrogen-bond donors (Lipinski definition) is 2. The van der Waals surface area contributed by atoms with Crippen LogP contribution in [0.3, 0.4) is 0 Å². The Balaban J connectivity index is 2.76. The summed E-state index contributed by atoms with van der Waals surface area (Å²) >= 11 is 0. The average Bonchev–Trinajstić information content (AvgIpc) is 2.36. The lowest BCUT2D eigenvalue weighted by Crippen LogP contribution is -2.37. The molecule has 0 aliphatic carbocycles. The van der Waals surface area contributed by atoms with Gasteiger partial charge in [0.05, 0.1) is 13.2 Å². The van der Waals surface area contributed by atoms with E-state index in [0.29, 0.717) is 6.54 Å². The molecule has 0 aliphatic rings. The van der Waals surface area contributed by atoms with Gasteiger partial charge in [0, 0.05) is 12.1 Å². The number of benzene rings is 1. The first-order chi connectivity index (χ1) is 8.58. The maximum atomic E-state index is 11.6. The Hall–Kier alpha value is -1.97. The Labute approximate surface area is 108 Å². The second-order valence-electron chi connectivity index (χ2n) is 4.11. The van der Waals surface area contributed by atoms with Gasteiger partial charge < -0.3 is 15.4 Å². The molecule has 0 radical (unpaired) electrons. The molecule has 4 nitrogen and oxygen atoms in total. The molecule has 4 heteroatoms. The minimum absolute atomic E-state index is 0.121. The van der Waals surface area contributed by atoms with E-state index in [1.807, 2.05) is 32.0 Å². The van der Waals surface area contributed by atoms with Gasteiger partial charge in [0.15, 0.2) is 0 Å². The van der Waals surface area contributed by atoms with Crippen molar-refractivity contribution < 1.29 is 9.53 Å². The van der Waals surface area contributed by atoms with Gasteiger partial charge in [-0.15, -0.1) is 6.58 Å². The molecule has 18 heavy (non-hydrogen) atoms. The lowest BCUT2D eigenvalue weighted by atomic mass is 10.0. The van der Waals surface area contributed by atoms with Gasteiger partial charge in [-0.2, -0.15) is 0 Å². The van der Waals surface area contributed by atoms with Crippen LogP contribution >= 0.6 is 0 Å². The summed E-state index contributed by atoms with van der Waals surface area (Å²) in [4.78, 5) is 11.6. The molecule has 1 atom stereocenters. The van der Waals surface area contributed by atoms with Crippen LogP contribution in [0, 0.1) is 6.92 Å². The molecule has 1 unspecified atom stereocenters. The molecular formula is C14H20N2O2. The summed E-state index contributed by atoms with van der Waals surface area (Å²) in [6.07, 6.45) is 1.64. The third-order valence-electron chi connectivity index (χ3n) is 2.61. The Bertz CT molecular complexity index is 430. The summed E-state index contributed by atoms with van der Waals surface area (Å²) in [7, 11) is 1.62. The number of nitrogens with one attached hydrogen (secondary N) is 2. The first-order valence-corrected chi connectivity index (χ1v) is 5.88. The van der Waals surface area contributed by atoms with E-state index in [1.165, 1.54) is 0 Å². The van der Waals surface area contributed by atoms with Crippen molar-refractivity contribution in [3.05, 3.63) is 42.0 Å². The van der Waals surface area contributed by atoms with Crippen molar-refractivity contribution in [2.45, 2.75) is 19.9 Å². The third-order valence-corrected chi connectivity index (χ3v) is 2.61. The highest BCUT2D eigenvalue weighted by Crippen LogP contribution is 2.25. The summed E-state index contributed by atoms with van der Waals surface area (Å²) in [6, 6.07) is 5.56. The zero-order chi connectivity index (χ0) is 13.5. The van der Waals surface area contributed by atoms with Crippen molar-refractivity contribution in [3.63, 3.8) is 0 Å². The predicted octanol–water partition coefficient (Wildman–Crippen LogP) is 2.55. The number of hydrogen-bond acceptors (Lipinski definition) is 2. The summed E-state index contributed by atoms with van der Waals surface area (Å²) in [5.41, 5.74) is 2.09. The molecule has 1 rings (SSSR count). The maximum absolute atomic E-state index is 11.6. The second kappa shape index (κ2) is 6.69. The van der Waals surface area contributed by atoms with Gasteiger partial charge in [0.2, 0.25) is 0 Å². The molecule has 0 spiro atoms. The van der Waals surface area contributed by atoms with E-state index in [4.69, 9.17) is 4.74 Å². The van der Waals surface area contributed by atoms with Gasteiger partial charge in [-0.3, -0.25) is 0 Å². The molecule has 2 amide bonds. The number of urea groups is 1. The molecule has 0 bridgehead atoms. The number of carbonyl (C=O) groups excluding carboxylic acids is 1. The molecule has 2 N–H and O–H groups in total. The van der Waals surface area contributed by atoms with Crippen molar-refractivity contribution in [3.8, 4) is 5.75 Å². The maximum Gasteiger partial charge on any atom is 0.315 e. The van der Waals surface area contributed by atoms with E-state index in [1.54, 1.807) is 13.2 Å². The van der Waals surface area contributed by atoms with Crippen LogP contribution in [0.15, 0.2) is 30.9 Å². The van der Waals surface area contributed by atoms with Crippen LogP contribution in [0.2, 0.25) is 0 Å². The third kappa shape index (κ3) is 3.80. The molecule has 0 saturated carbocycles. The Kier molecular flexibility index (Phi) is 5.24. The van der Waals surface area contributed by atoms with Crippen molar-refractivity contribution >= 4 is 6.03 Å². The van der Waals surface area contributed by atoms with Crippen LogP contribution < -0.4 is 15.4 Å². The van der Waals surface area contributed by atoms with Gasteiger partial charge in [-0.05, 0) is 19.9 Å². The first-order valence-electron chi connectivity index (χ1n) is 5.88. The highest BCUT2D eigenvalue weighted by Gasteiger charge is 2.13. The van der Waals surface area contributed by atoms with Gasteiger partial charge in [0.1, 0.15) is 5.75 Å². The number of methoxy groups -OCH3 is 1. The fraction of sp³-hybridized carbons (Fsp3) is 0.357. The van der Waals surface area contributed by atoms with Crippen molar-refractivity contribution in [2.24, 2.45) is 0 Å². The summed E-state index contributed by atoms with van der Waals surface area (Å²) in [5.74, 6) is 0.775. The standard InChI is InChI=1S/C14H20N2O2/c1-5-8-15-14(17)16-11(3)12-9-10(2)6-7-13(12)18-4/h5-7,9,11H,1,8H2,2-4H3,(H2,15,16,17). The Morgan fingerprint density at radius 3 is 2.89 bits per heavy atom. The molecular weight excluding hydrogens is 228 g/mol. The fourth-order valence-corrected chi connectivity index (χ4v) is 1.68. The van der Waals surface area contributed by atoms with Gasteiger partial charge in [-0.1, -0.05) is 23.8 Å². The topological polar surface area (TPSA) is 50.4 Å². The van der Waals surface area contributed by atoms with Gasteiger partial charge >= 0.3 is 6.03 Å². The second-order valence-corrected chi connectivity index (χ2v) is 4.11. The SMILES string of the molecule is C=CCNC(=O)NC(C)c1cc(C)ccc1OC. The number of amides is 2. The number of ether oxygens (including phenoxy) is 1. The highest BCUT2D eigenvalue weighted by atomic mass is 16.5. The smallest absolute Gasteiger partial charge is 0.315 e. The minimum atomic E-state index is -0.217. The van der Waals surface area contributed by atoms with Crippen molar-refractivity contribution in [2.75, 3.05) is 13.7 Å². The van der Waals surface area contributed by atoms with Crippen LogP contribution in [0.25, 0.3) is 0 Å². The molecule has 0 aliphatic heterocycles. The van der Waals surface area contributed by atoms with Crippen LogP contribution in [0.5, 0.6) is 5.75 Å². The molecule has 98 valence electrons. The van der Waals surface area contributed by atoms with Crippen molar-refractivity contribution in [1.82, 2.24) is 10.6 Å². The summed E-state index contributed by atoms with van der Waals surface area (Å²) in [5, 5.41) is 5.53. The van der Waals surface area contributed by atoms with Crippen molar-refractivity contribution in [1.29, 1.82) is 0 Å². The fourth-order valence-electron chi connectivity index (χ4n) is 1.68. The van der Waals surface area contributed by atoms with E-state index >= 15 is 0 Å². The van der Waals surface area contributed by atoms with E-state index in [-0.39, 0.29) is 12.1 Å². The first kappa shape index (κ1) is 14.1. The molecule has 1 aromatic rings. The zero-order valence-electron chi connectivity index (χ0n) is 11.1. The van der Waals surface area contributed by atoms with Crippen LogP contribution in [0.4, 0.5) is 4.79 Å². The van der Waals surface area contributed by atoms with Crippen LogP contribution in [-0.2, 0) is 0 Å². The monoisotopic (exact) mass is 248 g/mol. The van der Waals surface area contributed by atoms with E-state index in [9.17, 15) is 4.79 Å². The molecule has 0 aromatic heterocycles. The average molecular weight is 248 g/mol. The summed E-state index contributed by atoms with van der Waals surface area (Å²) < 4.78 is 5.30. The number of rotatable bonds is 5. The van der Waals surface area contributed by atoms with E-state index in [0.717, 1.165) is 16.9 Å². The Morgan fingerprint density at radius 2 is 2.28 bits per heavy atom. The zero-order valence-corrected chi connectivity index (χ0v) is 11.1. The van der Waals surface area contributed by atoms with E-state index in [2.05, 4.69) is 17.2 Å². The highest BCUT2D eigenvalue weighted by molar-refractivity contribution is 5.74. The molecule has 0 fully saturated rings. The van der Waals surface area contributed by atoms with Gasteiger partial charge in [0.25, 0.3) is 0 Å². The van der Waals surface area contributed by atoms with Crippen LogP contribution in [-0.4, -0.2) is 19.7 Å². The molecule has 0 heterocycles. The largest absolute Gasteiger partial charge is 0.496 e. The molecule has 0 saturated heterocycles. The Morgan fingerprint density at radius 1 is 1.56 bits per heavy atom. The van der Waals surface area contributed by atoms with E-state index < -0.39 is 0 Å². The van der Waals surface area contributed by atoms with Crippen LogP contribution in [0.1, 0.15) is 24.1 Å². The number of carbonyl (C=O) groups is 1. The lowest BCUT2D eigenvalue weighted by Gasteiger charge is -2.18. The normalized spacial score (nSPS) is 11.5. The predicted molar refractivity (Wildman–Crippen MR) is 72.9 cm³/mol. The summed E-state index contributed by atoms with van der Waals surface area (Å²) in [6.45, 7) is 7.92. The lowest BCUT2D eigenvalue weighted by molar-refractivity contribution is 0.238. The molecule has 1 aromatic carbocycles.